The van der Waals surface area contributed by atoms with Crippen LogP contribution in [-0.4, -0.2) is 6.61 Å². The van der Waals surface area contributed by atoms with Gasteiger partial charge in [0, 0.05) is 6.61 Å². The fourth-order valence-electron chi connectivity index (χ4n) is 2.46. The molecule has 2 rings (SSSR count). The Balaban J connectivity index is 1.75. The van der Waals surface area contributed by atoms with Gasteiger partial charge in [0.1, 0.15) is 12.4 Å². The van der Waals surface area contributed by atoms with Crippen molar-refractivity contribution < 1.29 is 9.47 Å². The molecule has 2 aromatic carbocycles. The van der Waals surface area contributed by atoms with Gasteiger partial charge in [0.15, 0.2) is 0 Å². The van der Waals surface area contributed by atoms with E-state index in [1.165, 1.54) is 30.4 Å². The maximum absolute atomic E-state index is 5.90. The van der Waals surface area contributed by atoms with Crippen LogP contribution in [0.4, 0.5) is 0 Å². The fourth-order valence-corrected chi connectivity index (χ4v) is 2.46. The van der Waals surface area contributed by atoms with E-state index in [2.05, 4.69) is 38.1 Å². The minimum absolute atomic E-state index is 0.139. The maximum atomic E-state index is 5.90. The molecule has 0 N–H and O–H groups in total. The van der Waals surface area contributed by atoms with Crippen molar-refractivity contribution >= 4 is 0 Å². The molecule has 1 atom stereocenters. The summed E-state index contributed by atoms with van der Waals surface area (Å²) in [4.78, 5) is 0. The number of rotatable bonds is 10. The summed E-state index contributed by atoms with van der Waals surface area (Å²) in [6.07, 6.45) is 5.11. The second-order valence-corrected chi connectivity index (χ2v) is 5.92. The highest BCUT2D eigenvalue weighted by Gasteiger charge is 2.06. The molecule has 0 saturated carbocycles. The summed E-state index contributed by atoms with van der Waals surface area (Å²) in [6.45, 7) is 5.78. The molecule has 0 radical (unpaired) electrons. The predicted molar refractivity (Wildman–Crippen MR) is 95.7 cm³/mol. The van der Waals surface area contributed by atoms with Crippen LogP contribution >= 0.6 is 0 Å². The largest absolute Gasteiger partial charge is 0.489 e. The zero-order chi connectivity index (χ0) is 16.3. The number of unbranched alkanes of at least 4 members (excludes halogenated alkanes) is 3. The molecular weight excluding hydrogens is 284 g/mol. The molecule has 0 bridgehead atoms. The van der Waals surface area contributed by atoms with E-state index in [9.17, 15) is 0 Å². The summed E-state index contributed by atoms with van der Waals surface area (Å²) in [5.74, 6) is 0.896. The molecule has 2 nitrogen and oxygen atoms in total. The first-order chi connectivity index (χ1) is 11.3. The Kier molecular flexibility index (Phi) is 7.68. The molecule has 0 aliphatic rings. The Labute approximate surface area is 140 Å². The van der Waals surface area contributed by atoms with Crippen LogP contribution in [0.2, 0.25) is 0 Å². The average Bonchev–Trinajstić information content (AvgIpc) is 2.61. The van der Waals surface area contributed by atoms with E-state index >= 15 is 0 Å². The van der Waals surface area contributed by atoms with Gasteiger partial charge in [-0.25, -0.2) is 0 Å². The maximum Gasteiger partial charge on any atom is 0.119 e. The van der Waals surface area contributed by atoms with E-state index in [1.54, 1.807) is 0 Å². The van der Waals surface area contributed by atoms with Crippen molar-refractivity contribution in [2.45, 2.75) is 52.2 Å². The van der Waals surface area contributed by atoms with E-state index in [-0.39, 0.29) is 6.10 Å². The van der Waals surface area contributed by atoms with Crippen LogP contribution in [0.1, 0.15) is 56.8 Å². The van der Waals surface area contributed by atoms with E-state index in [0.29, 0.717) is 6.61 Å². The zero-order valence-electron chi connectivity index (χ0n) is 14.3. The highest BCUT2D eigenvalue weighted by Crippen LogP contribution is 2.21. The zero-order valence-corrected chi connectivity index (χ0v) is 14.3. The molecular formula is C21H28O2. The second kappa shape index (κ2) is 10.1. The summed E-state index contributed by atoms with van der Waals surface area (Å²) < 4.78 is 11.7. The molecule has 2 heteroatoms. The van der Waals surface area contributed by atoms with Crippen LogP contribution in [0.5, 0.6) is 5.75 Å². The molecule has 0 heterocycles. The normalized spacial score (nSPS) is 12.1. The van der Waals surface area contributed by atoms with Gasteiger partial charge in [0.25, 0.3) is 0 Å². The lowest BCUT2D eigenvalue weighted by Crippen LogP contribution is -2.02. The van der Waals surface area contributed by atoms with E-state index in [4.69, 9.17) is 9.47 Å². The summed E-state index contributed by atoms with van der Waals surface area (Å²) in [5.41, 5.74) is 2.38. The minimum atomic E-state index is 0.139. The smallest absolute Gasteiger partial charge is 0.119 e. The lowest BCUT2D eigenvalue weighted by molar-refractivity contribution is 0.0628. The first-order valence-electron chi connectivity index (χ1n) is 8.68. The van der Waals surface area contributed by atoms with Crippen molar-refractivity contribution in [3.63, 3.8) is 0 Å². The van der Waals surface area contributed by atoms with Crippen molar-refractivity contribution in [2.24, 2.45) is 0 Å². The minimum Gasteiger partial charge on any atom is -0.489 e. The predicted octanol–water partition coefficient (Wildman–Crippen LogP) is 5.92. The number of hydrogen-bond acceptors (Lipinski definition) is 2. The highest BCUT2D eigenvalue weighted by molar-refractivity contribution is 5.28. The summed E-state index contributed by atoms with van der Waals surface area (Å²) in [7, 11) is 0. The second-order valence-electron chi connectivity index (χ2n) is 5.92. The number of hydrogen-bond donors (Lipinski definition) is 0. The van der Waals surface area contributed by atoms with Crippen molar-refractivity contribution in [3.8, 4) is 5.75 Å². The lowest BCUT2D eigenvalue weighted by atomic mass is 10.1. The van der Waals surface area contributed by atoms with Crippen LogP contribution in [0.15, 0.2) is 54.6 Å². The molecule has 0 spiro atoms. The average molecular weight is 312 g/mol. The topological polar surface area (TPSA) is 18.5 Å². The lowest BCUT2D eigenvalue weighted by Gasteiger charge is -2.14. The van der Waals surface area contributed by atoms with Crippen molar-refractivity contribution in [1.29, 1.82) is 0 Å². The van der Waals surface area contributed by atoms with E-state index in [0.717, 1.165) is 18.8 Å². The Morgan fingerprint density at radius 2 is 1.61 bits per heavy atom. The van der Waals surface area contributed by atoms with Gasteiger partial charge in [0.05, 0.1) is 6.10 Å². The van der Waals surface area contributed by atoms with Gasteiger partial charge < -0.3 is 9.47 Å². The van der Waals surface area contributed by atoms with Crippen LogP contribution < -0.4 is 4.74 Å². The van der Waals surface area contributed by atoms with E-state index < -0.39 is 0 Å². The SMILES string of the molecule is CCCCCCOC(C)c1ccc(OCc2ccccc2)cc1. The van der Waals surface area contributed by atoms with Gasteiger partial charge in [-0.05, 0) is 36.6 Å². The van der Waals surface area contributed by atoms with Crippen LogP contribution in [0.3, 0.4) is 0 Å². The Morgan fingerprint density at radius 3 is 2.30 bits per heavy atom. The molecule has 0 aromatic heterocycles. The molecule has 0 aliphatic carbocycles. The third-order valence-corrected chi connectivity index (χ3v) is 3.96. The Morgan fingerprint density at radius 1 is 0.870 bits per heavy atom. The number of benzene rings is 2. The van der Waals surface area contributed by atoms with Gasteiger partial charge in [0.2, 0.25) is 0 Å². The first kappa shape index (κ1) is 17.6. The van der Waals surface area contributed by atoms with Gasteiger partial charge in [-0.15, -0.1) is 0 Å². The third-order valence-electron chi connectivity index (χ3n) is 3.96. The summed E-state index contributed by atoms with van der Waals surface area (Å²) in [6, 6.07) is 18.5. The fraction of sp³-hybridized carbons (Fsp3) is 0.429. The standard InChI is InChI=1S/C21H28O2/c1-3-4-5-9-16-22-18(2)20-12-14-21(15-13-20)23-17-19-10-7-6-8-11-19/h6-8,10-15,18H,3-5,9,16-17H2,1-2H3. The van der Waals surface area contributed by atoms with Gasteiger partial charge in [-0.3, -0.25) is 0 Å². The van der Waals surface area contributed by atoms with Crippen LogP contribution in [-0.2, 0) is 11.3 Å². The quantitative estimate of drug-likeness (QED) is 0.507. The molecule has 0 fully saturated rings. The van der Waals surface area contributed by atoms with Crippen LogP contribution in [0.25, 0.3) is 0 Å². The molecule has 2 aromatic rings. The molecule has 0 amide bonds. The Bertz CT molecular complexity index is 534. The van der Waals surface area contributed by atoms with Crippen molar-refractivity contribution in [2.75, 3.05) is 6.61 Å². The highest BCUT2D eigenvalue weighted by atomic mass is 16.5. The number of ether oxygens (including phenoxy) is 2. The third kappa shape index (κ3) is 6.45. The molecule has 1 unspecified atom stereocenters. The van der Waals surface area contributed by atoms with Crippen molar-refractivity contribution in [3.05, 3.63) is 65.7 Å². The van der Waals surface area contributed by atoms with Gasteiger partial charge in [-0.1, -0.05) is 68.7 Å². The molecule has 0 saturated heterocycles. The molecule has 23 heavy (non-hydrogen) atoms. The monoisotopic (exact) mass is 312 g/mol. The van der Waals surface area contributed by atoms with Gasteiger partial charge >= 0.3 is 0 Å². The van der Waals surface area contributed by atoms with E-state index in [1.807, 2.05) is 30.3 Å². The summed E-state index contributed by atoms with van der Waals surface area (Å²) in [5, 5.41) is 0. The van der Waals surface area contributed by atoms with Crippen molar-refractivity contribution in [1.82, 2.24) is 0 Å². The first-order valence-corrected chi connectivity index (χ1v) is 8.68. The molecule has 0 aliphatic heterocycles. The van der Waals surface area contributed by atoms with Crippen LogP contribution in [0, 0.1) is 0 Å². The van der Waals surface area contributed by atoms with Gasteiger partial charge in [-0.2, -0.15) is 0 Å². The summed E-state index contributed by atoms with van der Waals surface area (Å²) >= 11 is 0. The Hall–Kier alpha value is -1.80. The molecule has 124 valence electrons.